The molecule has 2 aromatic heterocycles. The number of ether oxygens (including phenoxy) is 2. The van der Waals surface area contributed by atoms with Crippen molar-refractivity contribution in [2.75, 3.05) is 24.3 Å². The van der Waals surface area contributed by atoms with Crippen molar-refractivity contribution < 1.29 is 51.6 Å². The first kappa shape index (κ1) is 33.4. The van der Waals surface area contributed by atoms with Crippen LogP contribution in [0.1, 0.15) is 5.56 Å². The van der Waals surface area contributed by atoms with E-state index in [4.69, 9.17) is 21.5 Å². The van der Waals surface area contributed by atoms with Crippen molar-refractivity contribution in [1.29, 1.82) is 0 Å². The monoisotopic (exact) mass is 517 g/mol. The van der Waals surface area contributed by atoms with Crippen LogP contribution in [0.25, 0.3) is 16.4 Å². The van der Waals surface area contributed by atoms with E-state index >= 15 is 4.39 Å². The maximum absolute atomic E-state index is 15.1. The molecule has 2 N–H and O–H groups in total. The topological polar surface area (TPSA) is 116 Å². The van der Waals surface area contributed by atoms with E-state index in [0.717, 1.165) is 12.0 Å². The largest absolute Gasteiger partial charge is 1.00 e. The van der Waals surface area contributed by atoms with Gasteiger partial charge in [-0.3, -0.25) is 11.6 Å². The molecule has 0 amide bonds. The molecule has 188 valence electrons. The molecule has 9 nitrogen and oxygen atoms in total. The molecule has 3 rings (SSSR count). The van der Waals surface area contributed by atoms with Crippen LogP contribution >= 0.6 is 11.8 Å². The van der Waals surface area contributed by atoms with E-state index in [-0.39, 0.29) is 60.5 Å². The van der Waals surface area contributed by atoms with E-state index in [1.54, 1.807) is 30.8 Å². The predicted octanol–water partition coefficient (Wildman–Crippen LogP) is -1.52. The number of aliphatic imine (C=N–C) groups is 1. The molecule has 38 heavy (non-hydrogen) atoms. The SMILES string of the molecule is [CH-]=C/C(=C\[C-]=NC=[N-])Oc1ccc(Nc2ncnc3cc(OC[CH-]SCNC[CH2-])[c-]nc23)c(F)c1C.[Li+].[Li+]. The van der Waals surface area contributed by atoms with Gasteiger partial charge in [0.15, 0.2) is 5.82 Å². The van der Waals surface area contributed by atoms with Gasteiger partial charge in [-0.05, 0) is 37.4 Å². The number of aromatic nitrogens is 3. The molecule has 2 heterocycles. The van der Waals surface area contributed by atoms with Crippen LogP contribution in [-0.2, 0) is 0 Å². The van der Waals surface area contributed by atoms with Gasteiger partial charge in [0.05, 0.1) is 5.69 Å². The molecule has 0 aliphatic rings. The third kappa shape index (κ3) is 9.59. The van der Waals surface area contributed by atoms with E-state index in [2.05, 4.69) is 49.9 Å². The predicted molar refractivity (Wildman–Crippen MR) is 141 cm³/mol. The molecule has 0 radical (unpaired) electrons. The third-order valence-electron chi connectivity index (χ3n) is 4.50. The van der Waals surface area contributed by atoms with Crippen molar-refractivity contribution in [2.45, 2.75) is 6.92 Å². The minimum atomic E-state index is -0.553. The summed E-state index contributed by atoms with van der Waals surface area (Å²) in [4.78, 5) is 16.1. The summed E-state index contributed by atoms with van der Waals surface area (Å²) in [6, 6.07) is 4.76. The Hall–Kier alpha value is -2.64. The fraction of sp³-hybridized carbons (Fsp3) is 0.160. The van der Waals surface area contributed by atoms with Crippen molar-refractivity contribution >= 4 is 46.9 Å². The number of rotatable bonds is 14. The second kappa shape index (κ2) is 17.8. The number of anilines is 2. The molecule has 0 saturated heterocycles. The molecule has 0 spiro atoms. The van der Waals surface area contributed by atoms with Crippen LogP contribution in [0.2, 0.25) is 0 Å². The molecule has 0 aliphatic carbocycles. The second-order valence-electron chi connectivity index (χ2n) is 6.84. The summed E-state index contributed by atoms with van der Waals surface area (Å²) in [7, 11) is 0. The zero-order valence-electron chi connectivity index (χ0n) is 21.4. The van der Waals surface area contributed by atoms with Crippen molar-refractivity contribution in [2.24, 2.45) is 4.99 Å². The van der Waals surface area contributed by atoms with Crippen LogP contribution < -0.4 is 57.8 Å². The molecule has 1 aromatic carbocycles. The summed E-state index contributed by atoms with van der Waals surface area (Å²) in [5.74, 6) is 3.24. The fourth-order valence-electron chi connectivity index (χ4n) is 2.78. The van der Waals surface area contributed by atoms with E-state index in [9.17, 15) is 0 Å². The standard InChI is InChI=1S/C25H22FN7O2S.2Li/c1-4-18(8-9-29-14-27)35-22-7-6-20(23(26)17(22)3)33-25-24-21(31-15-32-25)12-19(13-30-24)34-10-11-36-16-28-5-2;;/h1,4,6-8,11-12,14-15,28H,2,5,10,16H2,3H3,(H,31,32,33);;/q-6;2*+1/b18-8+;;. The van der Waals surface area contributed by atoms with Crippen molar-refractivity contribution in [3.05, 3.63) is 84.7 Å². The van der Waals surface area contributed by atoms with Crippen LogP contribution in [-0.4, -0.2) is 46.5 Å². The number of allylic oxidation sites excluding steroid dienone is 2. The van der Waals surface area contributed by atoms with E-state index in [1.807, 2.05) is 5.75 Å². The summed E-state index contributed by atoms with van der Waals surface area (Å²) in [5.41, 5.74) is 1.30. The molecule has 0 atom stereocenters. The first-order valence-electron chi connectivity index (χ1n) is 10.6. The average Bonchev–Trinajstić information content (AvgIpc) is 2.89. The maximum Gasteiger partial charge on any atom is 1.00 e. The Morgan fingerprint density at radius 1 is 1.39 bits per heavy atom. The Kier molecular flexibility index (Phi) is 15.6. The molecule has 0 bridgehead atoms. The Morgan fingerprint density at radius 3 is 2.95 bits per heavy atom. The van der Waals surface area contributed by atoms with Gasteiger partial charge in [0, 0.05) is 28.5 Å². The Morgan fingerprint density at radius 2 is 2.21 bits per heavy atom. The first-order chi connectivity index (χ1) is 17.6. The van der Waals surface area contributed by atoms with Gasteiger partial charge in [0.2, 0.25) is 0 Å². The smallest absolute Gasteiger partial charge is 0.577 e. The summed E-state index contributed by atoms with van der Waals surface area (Å²) in [5, 5.41) is 14.6. The van der Waals surface area contributed by atoms with Crippen LogP contribution in [0.4, 0.5) is 15.9 Å². The minimum Gasteiger partial charge on any atom is -0.577 e. The number of hydrogen-bond acceptors (Lipinski definition) is 8. The molecule has 3 aromatic rings. The van der Waals surface area contributed by atoms with Crippen molar-refractivity contribution in [1.82, 2.24) is 20.3 Å². The molecule has 13 heteroatoms. The summed E-state index contributed by atoms with van der Waals surface area (Å²) in [6.45, 7) is 11.8. The number of fused-ring (bicyclic) bond motifs is 1. The Bertz CT molecular complexity index is 1280. The molecule has 0 unspecified atom stereocenters. The number of hydrogen-bond donors (Lipinski definition) is 2. The van der Waals surface area contributed by atoms with Crippen LogP contribution in [0.5, 0.6) is 11.5 Å². The molecule has 0 fully saturated rings. The van der Waals surface area contributed by atoms with Crippen LogP contribution in [0.3, 0.4) is 0 Å². The maximum atomic E-state index is 15.1. The number of halogens is 1. The number of pyridine rings is 1. The first-order valence-corrected chi connectivity index (χ1v) is 11.6. The number of thioether (sulfide) groups is 1. The zero-order valence-corrected chi connectivity index (χ0v) is 22.2. The van der Waals surface area contributed by atoms with Gasteiger partial charge >= 0.3 is 37.7 Å². The Balaban J connectivity index is 0.00000361. The molecule has 0 aliphatic heterocycles. The van der Waals surface area contributed by atoms with Gasteiger partial charge in [-0.15, -0.1) is 18.7 Å². The summed E-state index contributed by atoms with van der Waals surface area (Å²) < 4.78 is 26.4. The summed E-state index contributed by atoms with van der Waals surface area (Å²) >= 11 is 1.57. The second-order valence-corrected chi connectivity index (χ2v) is 7.80. The number of nitrogens with zero attached hydrogens (tertiary/aromatic N) is 5. The molecule has 0 saturated carbocycles. The molecular weight excluding hydrogens is 495 g/mol. The quantitative estimate of drug-likeness (QED) is 0.0387. The van der Waals surface area contributed by atoms with Crippen molar-refractivity contribution in [3.8, 4) is 11.5 Å². The van der Waals surface area contributed by atoms with E-state index in [0.29, 0.717) is 42.1 Å². The zero-order chi connectivity index (χ0) is 25.8. The van der Waals surface area contributed by atoms with Gasteiger partial charge in [-0.1, -0.05) is 0 Å². The van der Waals surface area contributed by atoms with Gasteiger partial charge < -0.3 is 54.2 Å². The van der Waals surface area contributed by atoms with Gasteiger partial charge in [-0.2, -0.15) is 6.08 Å². The van der Waals surface area contributed by atoms with Gasteiger partial charge in [-0.25, -0.2) is 27.7 Å². The Labute approximate surface area is 250 Å². The van der Waals surface area contributed by atoms with E-state index in [1.165, 1.54) is 18.5 Å². The van der Waals surface area contributed by atoms with Crippen LogP contribution in [0.15, 0.2) is 47.4 Å². The molecular formula is C25H22FLi2N7O2S-4. The van der Waals surface area contributed by atoms with Gasteiger partial charge in [0.1, 0.15) is 17.9 Å². The number of benzene rings is 1. The summed E-state index contributed by atoms with van der Waals surface area (Å²) in [6.07, 6.45) is 9.58. The third-order valence-corrected chi connectivity index (χ3v) is 5.25. The van der Waals surface area contributed by atoms with Crippen LogP contribution in [0, 0.1) is 38.2 Å². The average molecular weight is 517 g/mol. The van der Waals surface area contributed by atoms with Crippen molar-refractivity contribution in [3.63, 3.8) is 0 Å². The van der Waals surface area contributed by atoms with E-state index < -0.39 is 5.82 Å². The minimum absolute atomic E-state index is 0. The fourth-order valence-corrected chi connectivity index (χ4v) is 3.32. The normalized spacial score (nSPS) is 11.0. The van der Waals surface area contributed by atoms with Gasteiger partial charge in [0.25, 0.3) is 0 Å². The number of nitrogens with one attached hydrogen (secondary N) is 2.